The van der Waals surface area contributed by atoms with Crippen LogP contribution < -0.4 is 0 Å². The van der Waals surface area contributed by atoms with Crippen molar-refractivity contribution >= 4 is 11.9 Å². The van der Waals surface area contributed by atoms with Crippen molar-refractivity contribution in [2.24, 2.45) is 11.8 Å². The maximum atomic E-state index is 11.2. The van der Waals surface area contributed by atoms with Gasteiger partial charge in [-0.3, -0.25) is 19.4 Å². The largest absolute Gasteiger partial charge is 0.463 e. The van der Waals surface area contributed by atoms with Crippen LogP contribution >= 0.6 is 0 Å². The average molecular weight is 557 g/mol. The molecule has 0 bridgehead atoms. The van der Waals surface area contributed by atoms with Gasteiger partial charge in [0.1, 0.15) is 11.8 Å². The molecule has 0 aliphatic carbocycles. The molecule has 12 nitrogen and oxygen atoms in total. The molecule has 4 atom stereocenters. The quantitative estimate of drug-likeness (QED) is 0.128. The van der Waals surface area contributed by atoms with Crippen LogP contribution in [0, 0.1) is 98.3 Å². The summed E-state index contributed by atoms with van der Waals surface area (Å²) in [4.78, 5) is 34.5. The second-order valence-corrected chi connectivity index (χ2v) is 7.71. The normalized spacial score (nSPS) is 12.8. The van der Waals surface area contributed by atoms with Crippen molar-refractivity contribution in [3.63, 3.8) is 0 Å². The molecule has 0 amide bonds. The van der Waals surface area contributed by atoms with Gasteiger partial charge in [-0.25, -0.2) is 35.9 Å². The van der Waals surface area contributed by atoms with Gasteiger partial charge in [-0.2, -0.15) is 21.0 Å². The molecule has 0 rings (SSSR count). The lowest BCUT2D eigenvalue weighted by molar-refractivity contribution is -0.139. The molecule has 0 heterocycles. The van der Waals surface area contributed by atoms with Gasteiger partial charge in [-0.15, -0.1) is 0 Å². The first kappa shape index (κ1) is 42.2. The SMILES string of the molecule is [C-]#[N+]C(C#N)C(CCCOC(=O)C(=C)C)C(C#N)[N+]#[C-].[C-]#[N+]C(C#N)C(CCCOC(=O)C=C)C(C#N)[N+]#[C-].[CH3+].[CH3+]. The minimum Gasteiger partial charge on any atom is -0.463 e. The van der Waals surface area contributed by atoms with Crippen LogP contribution in [0.2, 0.25) is 0 Å². The van der Waals surface area contributed by atoms with Crippen LogP contribution in [0.15, 0.2) is 24.8 Å². The van der Waals surface area contributed by atoms with E-state index in [1.165, 1.54) is 6.92 Å². The molecule has 0 N–H and O–H groups in total. The van der Waals surface area contributed by atoms with Crippen molar-refractivity contribution in [1.82, 2.24) is 0 Å². The number of carbonyl (C=O) groups is 2. The minimum atomic E-state index is -1.04. The summed E-state index contributed by atoms with van der Waals surface area (Å²) < 4.78 is 9.65. The van der Waals surface area contributed by atoms with Crippen LogP contribution in [0.3, 0.4) is 0 Å². The van der Waals surface area contributed by atoms with Crippen LogP contribution in [0.4, 0.5) is 0 Å². The van der Waals surface area contributed by atoms with Crippen molar-refractivity contribution in [3.8, 4) is 24.3 Å². The summed E-state index contributed by atoms with van der Waals surface area (Å²) in [6.07, 6.45) is 2.39. The molecule has 210 valence electrons. The van der Waals surface area contributed by atoms with Gasteiger partial charge >= 0.3 is 36.1 Å². The number of nitriles is 4. The van der Waals surface area contributed by atoms with E-state index in [4.69, 9.17) is 56.8 Å². The summed E-state index contributed by atoms with van der Waals surface area (Å²) in [6, 6.07) is 3.04. The standard InChI is InChI=1S/C14H14N4O2.C13H12N4O2.2CH3/c1-10(2)14(19)20-7-5-6-11(12(8-15)17-3)13(9-16)18-4;1-4-13(18)19-7-5-6-10(11(8-14)16-2)12(9-15)17-3;;/h11-13H,1,5-7H2,2H3;4,10-12H,1,5-7H2;2*1H3/q;;2*+1. The lowest BCUT2D eigenvalue weighted by Gasteiger charge is -2.12. The number of hydrogen-bond donors (Lipinski definition) is 0. The topological polar surface area (TPSA) is 165 Å². The van der Waals surface area contributed by atoms with Crippen molar-refractivity contribution in [1.29, 1.82) is 21.0 Å². The highest BCUT2D eigenvalue weighted by atomic mass is 16.5. The zero-order valence-electron chi connectivity index (χ0n) is 23.4. The Morgan fingerprint density at radius 3 is 1.32 bits per heavy atom. The molecular formula is C29H32N8O4+2. The van der Waals surface area contributed by atoms with Gasteiger partial charge in [-0.05, 0) is 32.6 Å². The summed E-state index contributed by atoms with van der Waals surface area (Å²) >= 11 is 0. The van der Waals surface area contributed by atoms with Crippen LogP contribution in [0.1, 0.15) is 32.6 Å². The first-order chi connectivity index (χ1) is 18.6. The van der Waals surface area contributed by atoms with Crippen LogP contribution in [0.25, 0.3) is 19.4 Å². The summed E-state index contributed by atoms with van der Waals surface area (Å²) in [5, 5.41) is 35.5. The zero-order chi connectivity index (χ0) is 30.2. The molecule has 0 spiro atoms. The average Bonchev–Trinajstić information content (AvgIpc) is 2.94. The summed E-state index contributed by atoms with van der Waals surface area (Å²) in [5.41, 5.74) is 0.286. The Bertz CT molecular complexity index is 1080. The molecule has 0 aliphatic heterocycles. The highest BCUT2D eigenvalue weighted by molar-refractivity contribution is 5.86. The summed E-state index contributed by atoms with van der Waals surface area (Å²) in [7, 11) is 0. The molecule has 0 saturated carbocycles. The van der Waals surface area contributed by atoms with Gasteiger partial charge in [-0.1, -0.05) is 13.2 Å². The first-order valence-electron chi connectivity index (χ1n) is 11.3. The van der Waals surface area contributed by atoms with Gasteiger partial charge in [0.2, 0.25) is 0 Å². The van der Waals surface area contributed by atoms with E-state index in [0.717, 1.165) is 6.08 Å². The second-order valence-electron chi connectivity index (χ2n) is 7.71. The summed E-state index contributed by atoms with van der Waals surface area (Å²) in [6.45, 7) is 36.1. The molecule has 41 heavy (non-hydrogen) atoms. The molecular weight excluding hydrogens is 524 g/mol. The Balaban J connectivity index is -0.000000319. The molecule has 4 unspecified atom stereocenters. The Labute approximate surface area is 243 Å². The fourth-order valence-electron chi connectivity index (χ4n) is 3.02. The predicted octanol–water partition coefficient (Wildman–Crippen LogP) is 4.76. The zero-order valence-corrected chi connectivity index (χ0v) is 23.4. The van der Waals surface area contributed by atoms with E-state index < -0.39 is 47.9 Å². The number of rotatable bonds is 14. The molecule has 0 aliphatic rings. The summed E-state index contributed by atoms with van der Waals surface area (Å²) in [5.74, 6) is -2.39. The predicted molar refractivity (Wildman–Crippen MR) is 149 cm³/mol. The minimum absolute atomic E-state index is 0. The highest BCUT2D eigenvalue weighted by Crippen LogP contribution is 2.22. The Morgan fingerprint density at radius 1 is 0.756 bits per heavy atom. The third kappa shape index (κ3) is 16.5. The van der Waals surface area contributed by atoms with Crippen molar-refractivity contribution in [2.45, 2.75) is 56.8 Å². The highest BCUT2D eigenvalue weighted by Gasteiger charge is 2.39. The molecule has 0 aromatic carbocycles. The van der Waals surface area contributed by atoms with Crippen molar-refractivity contribution in [3.05, 3.63) is 85.3 Å². The van der Waals surface area contributed by atoms with E-state index in [1.54, 1.807) is 24.3 Å². The third-order valence-corrected chi connectivity index (χ3v) is 5.06. The number of ether oxygens (including phenoxy) is 2. The maximum Gasteiger partial charge on any atom is 0.333 e. The number of nitrogens with zero attached hydrogens (tertiary/aromatic N) is 8. The molecule has 12 heteroatoms. The van der Waals surface area contributed by atoms with Crippen LogP contribution in [0.5, 0.6) is 0 Å². The second kappa shape index (κ2) is 25.7. The van der Waals surface area contributed by atoms with Crippen LogP contribution in [-0.4, -0.2) is 49.3 Å². The molecule has 0 aromatic rings. The lowest BCUT2D eigenvalue weighted by Crippen LogP contribution is -2.26. The van der Waals surface area contributed by atoms with Gasteiger partial charge in [0.05, 0.1) is 13.2 Å². The first-order valence-corrected chi connectivity index (χ1v) is 11.3. The third-order valence-electron chi connectivity index (χ3n) is 5.06. The monoisotopic (exact) mass is 556 g/mol. The van der Waals surface area contributed by atoms with Crippen molar-refractivity contribution in [2.75, 3.05) is 13.2 Å². The van der Waals surface area contributed by atoms with Gasteiger partial charge in [0.15, 0.2) is 24.3 Å². The Kier molecular flexibility index (Phi) is 26.5. The molecule has 0 fully saturated rings. The number of hydrogen-bond acceptors (Lipinski definition) is 8. The molecule has 0 aromatic heterocycles. The maximum absolute atomic E-state index is 11.2. The van der Waals surface area contributed by atoms with E-state index in [1.807, 2.05) is 0 Å². The van der Waals surface area contributed by atoms with Crippen LogP contribution in [-0.2, 0) is 19.1 Å². The van der Waals surface area contributed by atoms with E-state index in [9.17, 15) is 9.59 Å². The fourth-order valence-corrected chi connectivity index (χ4v) is 3.02. The fraction of sp³-hybridized carbons (Fsp3) is 0.448. The number of carbonyl (C=O) groups excluding carboxylic acids is 2. The van der Waals surface area contributed by atoms with E-state index in [0.29, 0.717) is 25.7 Å². The van der Waals surface area contributed by atoms with E-state index in [-0.39, 0.29) is 33.6 Å². The smallest absolute Gasteiger partial charge is 0.333 e. The lowest BCUT2D eigenvalue weighted by atomic mass is 9.89. The van der Waals surface area contributed by atoms with Crippen molar-refractivity contribution < 1.29 is 19.1 Å². The Morgan fingerprint density at radius 2 is 1.07 bits per heavy atom. The van der Waals surface area contributed by atoms with E-state index in [2.05, 4.69) is 32.5 Å². The van der Waals surface area contributed by atoms with Gasteiger partial charge in [0, 0.05) is 26.5 Å². The molecule has 0 saturated heterocycles. The number of esters is 2. The Hall–Kier alpha value is -5.92. The van der Waals surface area contributed by atoms with Gasteiger partial charge < -0.3 is 9.47 Å². The van der Waals surface area contributed by atoms with E-state index >= 15 is 0 Å². The molecule has 0 radical (unpaired) electrons. The van der Waals surface area contributed by atoms with Gasteiger partial charge in [0.25, 0.3) is 0 Å².